The molecular formula is C11H10N2O3S. The molecule has 0 bridgehead atoms. The van der Waals surface area contributed by atoms with Gasteiger partial charge in [-0.05, 0) is 24.3 Å². The SMILES string of the molecule is O=S(=O)(Nc1ccncc1)c1cccc(O)c1. The summed E-state index contributed by atoms with van der Waals surface area (Å²) >= 11 is 0. The standard InChI is InChI=1S/C11H10N2O3S/c14-10-2-1-3-11(8-10)17(15,16)13-9-4-6-12-7-5-9/h1-8,14H,(H,12,13). The number of anilines is 1. The van der Waals surface area contributed by atoms with E-state index in [9.17, 15) is 13.5 Å². The Morgan fingerprint density at radius 1 is 1.12 bits per heavy atom. The highest BCUT2D eigenvalue weighted by molar-refractivity contribution is 7.92. The van der Waals surface area contributed by atoms with E-state index in [1.54, 1.807) is 12.1 Å². The zero-order valence-electron chi connectivity index (χ0n) is 8.74. The fourth-order valence-electron chi connectivity index (χ4n) is 1.28. The van der Waals surface area contributed by atoms with Crippen molar-refractivity contribution in [1.29, 1.82) is 0 Å². The summed E-state index contributed by atoms with van der Waals surface area (Å²) in [6.07, 6.45) is 2.97. The van der Waals surface area contributed by atoms with Crippen LogP contribution in [0.15, 0.2) is 53.7 Å². The molecule has 5 nitrogen and oxygen atoms in total. The molecule has 1 aromatic carbocycles. The maximum absolute atomic E-state index is 11.9. The molecule has 2 aromatic rings. The quantitative estimate of drug-likeness (QED) is 0.867. The molecule has 0 saturated heterocycles. The number of nitrogens with zero attached hydrogens (tertiary/aromatic N) is 1. The molecule has 0 fully saturated rings. The molecule has 0 aliphatic carbocycles. The lowest BCUT2D eigenvalue weighted by atomic mass is 10.3. The highest BCUT2D eigenvalue weighted by Crippen LogP contribution is 2.18. The number of phenols is 1. The number of aromatic hydroxyl groups is 1. The second kappa shape index (κ2) is 4.42. The van der Waals surface area contributed by atoms with E-state index in [0.29, 0.717) is 5.69 Å². The van der Waals surface area contributed by atoms with Crippen molar-refractivity contribution in [2.45, 2.75) is 4.90 Å². The molecule has 0 unspecified atom stereocenters. The van der Waals surface area contributed by atoms with Crippen molar-refractivity contribution in [3.05, 3.63) is 48.8 Å². The molecule has 0 saturated carbocycles. The van der Waals surface area contributed by atoms with Crippen LogP contribution in [-0.2, 0) is 10.0 Å². The minimum Gasteiger partial charge on any atom is -0.508 e. The van der Waals surface area contributed by atoms with Crippen LogP contribution < -0.4 is 4.72 Å². The highest BCUT2D eigenvalue weighted by Gasteiger charge is 2.14. The fourth-order valence-corrected chi connectivity index (χ4v) is 2.38. The predicted molar refractivity (Wildman–Crippen MR) is 63.2 cm³/mol. The van der Waals surface area contributed by atoms with Crippen molar-refractivity contribution < 1.29 is 13.5 Å². The van der Waals surface area contributed by atoms with Gasteiger partial charge in [-0.1, -0.05) is 6.07 Å². The number of rotatable bonds is 3. The first-order chi connectivity index (χ1) is 8.08. The number of benzene rings is 1. The van der Waals surface area contributed by atoms with E-state index in [-0.39, 0.29) is 10.6 Å². The van der Waals surface area contributed by atoms with E-state index in [1.807, 2.05) is 0 Å². The van der Waals surface area contributed by atoms with Gasteiger partial charge in [0, 0.05) is 18.5 Å². The molecule has 0 aliphatic heterocycles. The maximum atomic E-state index is 11.9. The van der Waals surface area contributed by atoms with Crippen molar-refractivity contribution in [2.24, 2.45) is 0 Å². The van der Waals surface area contributed by atoms with Crippen LogP contribution in [0, 0.1) is 0 Å². The van der Waals surface area contributed by atoms with Gasteiger partial charge in [0.15, 0.2) is 0 Å². The summed E-state index contributed by atoms with van der Waals surface area (Å²) in [6, 6.07) is 8.55. The largest absolute Gasteiger partial charge is 0.508 e. The minimum atomic E-state index is -3.67. The number of aromatic nitrogens is 1. The first-order valence-electron chi connectivity index (χ1n) is 4.80. The molecule has 0 amide bonds. The van der Waals surface area contributed by atoms with Gasteiger partial charge in [-0.3, -0.25) is 9.71 Å². The Morgan fingerprint density at radius 2 is 1.82 bits per heavy atom. The van der Waals surface area contributed by atoms with E-state index >= 15 is 0 Å². The minimum absolute atomic E-state index is 0.00862. The van der Waals surface area contributed by atoms with Crippen LogP contribution in [0.5, 0.6) is 5.75 Å². The molecule has 1 aromatic heterocycles. The van der Waals surface area contributed by atoms with Gasteiger partial charge in [0.05, 0.1) is 10.6 Å². The Labute approximate surface area is 98.8 Å². The predicted octanol–water partition coefficient (Wildman–Crippen LogP) is 1.59. The number of pyridine rings is 1. The Kier molecular flexibility index (Phi) is 2.97. The van der Waals surface area contributed by atoms with Crippen LogP contribution in [-0.4, -0.2) is 18.5 Å². The Balaban J connectivity index is 2.32. The first kappa shape index (κ1) is 11.4. The van der Waals surface area contributed by atoms with Gasteiger partial charge in [-0.2, -0.15) is 0 Å². The molecule has 17 heavy (non-hydrogen) atoms. The van der Waals surface area contributed by atoms with Crippen LogP contribution in [0.3, 0.4) is 0 Å². The number of hydrogen-bond donors (Lipinski definition) is 2. The van der Waals surface area contributed by atoms with Gasteiger partial charge in [0.25, 0.3) is 10.0 Å². The lowest BCUT2D eigenvalue weighted by Crippen LogP contribution is -2.12. The molecule has 2 rings (SSSR count). The molecule has 2 N–H and O–H groups in total. The Hall–Kier alpha value is -2.08. The maximum Gasteiger partial charge on any atom is 0.262 e. The first-order valence-corrected chi connectivity index (χ1v) is 6.28. The van der Waals surface area contributed by atoms with E-state index < -0.39 is 10.0 Å². The third-order valence-corrected chi connectivity index (χ3v) is 3.44. The van der Waals surface area contributed by atoms with Crippen LogP contribution in [0.2, 0.25) is 0 Å². The topological polar surface area (TPSA) is 79.3 Å². The number of nitrogens with one attached hydrogen (secondary N) is 1. The second-order valence-corrected chi connectivity index (χ2v) is 5.02. The molecule has 0 spiro atoms. The van der Waals surface area contributed by atoms with E-state index in [4.69, 9.17) is 0 Å². The normalized spacial score (nSPS) is 11.1. The van der Waals surface area contributed by atoms with Crippen molar-refractivity contribution in [2.75, 3.05) is 4.72 Å². The van der Waals surface area contributed by atoms with E-state index in [1.165, 1.54) is 36.7 Å². The van der Waals surface area contributed by atoms with Crippen LogP contribution in [0.25, 0.3) is 0 Å². The van der Waals surface area contributed by atoms with Gasteiger partial charge in [0.1, 0.15) is 5.75 Å². The van der Waals surface area contributed by atoms with Crippen molar-refractivity contribution in [3.8, 4) is 5.75 Å². The van der Waals surface area contributed by atoms with Gasteiger partial charge < -0.3 is 5.11 Å². The van der Waals surface area contributed by atoms with Gasteiger partial charge in [-0.15, -0.1) is 0 Å². The van der Waals surface area contributed by atoms with Gasteiger partial charge >= 0.3 is 0 Å². The molecule has 0 atom stereocenters. The summed E-state index contributed by atoms with van der Waals surface area (Å²) in [7, 11) is -3.67. The van der Waals surface area contributed by atoms with Crippen molar-refractivity contribution in [3.63, 3.8) is 0 Å². The summed E-state index contributed by atoms with van der Waals surface area (Å²) in [5.74, 6) is -0.0948. The summed E-state index contributed by atoms with van der Waals surface area (Å²) in [5, 5.41) is 9.24. The summed E-state index contributed by atoms with van der Waals surface area (Å²) < 4.78 is 26.2. The third-order valence-electron chi connectivity index (χ3n) is 2.06. The lowest BCUT2D eigenvalue weighted by molar-refractivity contribution is 0.473. The van der Waals surface area contributed by atoms with Gasteiger partial charge in [-0.25, -0.2) is 8.42 Å². The van der Waals surface area contributed by atoms with Gasteiger partial charge in [0.2, 0.25) is 0 Å². The third kappa shape index (κ3) is 2.73. The molecule has 0 aliphatic rings. The fraction of sp³-hybridized carbons (Fsp3) is 0. The van der Waals surface area contributed by atoms with Crippen molar-refractivity contribution in [1.82, 2.24) is 4.98 Å². The summed E-state index contributed by atoms with van der Waals surface area (Å²) in [5.41, 5.74) is 0.420. The monoisotopic (exact) mass is 250 g/mol. The van der Waals surface area contributed by atoms with Crippen molar-refractivity contribution >= 4 is 15.7 Å². The Morgan fingerprint density at radius 3 is 2.47 bits per heavy atom. The Bertz CT molecular complexity index is 612. The number of hydrogen-bond acceptors (Lipinski definition) is 4. The lowest BCUT2D eigenvalue weighted by Gasteiger charge is -2.07. The van der Waals surface area contributed by atoms with Crippen LogP contribution in [0.1, 0.15) is 0 Å². The van der Waals surface area contributed by atoms with Crippen LogP contribution >= 0.6 is 0 Å². The second-order valence-electron chi connectivity index (χ2n) is 3.34. The molecule has 88 valence electrons. The number of sulfonamides is 1. The molecular weight excluding hydrogens is 240 g/mol. The zero-order chi connectivity index (χ0) is 12.3. The molecule has 1 heterocycles. The molecule has 0 radical (unpaired) electrons. The van der Waals surface area contributed by atoms with E-state index in [2.05, 4.69) is 9.71 Å². The average Bonchev–Trinajstić information content (AvgIpc) is 2.30. The van der Waals surface area contributed by atoms with Crippen LogP contribution in [0.4, 0.5) is 5.69 Å². The number of phenolic OH excluding ortho intramolecular Hbond substituents is 1. The molecule has 6 heteroatoms. The smallest absolute Gasteiger partial charge is 0.262 e. The summed E-state index contributed by atoms with van der Waals surface area (Å²) in [4.78, 5) is 3.80. The highest BCUT2D eigenvalue weighted by atomic mass is 32.2. The average molecular weight is 250 g/mol. The van der Waals surface area contributed by atoms with E-state index in [0.717, 1.165) is 0 Å². The summed E-state index contributed by atoms with van der Waals surface area (Å²) in [6.45, 7) is 0. The zero-order valence-corrected chi connectivity index (χ0v) is 9.55.